The molecule has 0 atom stereocenters. The first-order valence-electron chi connectivity index (χ1n) is 6.98. The fourth-order valence-electron chi connectivity index (χ4n) is 1.52. The van der Waals surface area contributed by atoms with Crippen LogP contribution in [-0.4, -0.2) is 17.1 Å². The molecule has 0 radical (unpaired) electrons. The molecule has 19 heavy (non-hydrogen) atoms. The fraction of sp³-hybridized carbons (Fsp3) is 0.688. The van der Waals surface area contributed by atoms with Crippen LogP contribution < -0.4 is 10.1 Å². The lowest BCUT2D eigenvalue weighted by molar-refractivity contribution is 0.240. The highest BCUT2D eigenvalue weighted by Crippen LogP contribution is 2.21. The Morgan fingerprint density at radius 3 is 2.42 bits per heavy atom. The van der Waals surface area contributed by atoms with E-state index in [1.165, 1.54) is 0 Å². The van der Waals surface area contributed by atoms with Crippen LogP contribution in [0.15, 0.2) is 18.5 Å². The number of hydrogen-bond acceptors (Lipinski definition) is 3. The van der Waals surface area contributed by atoms with E-state index in [9.17, 15) is 0 Å². The second-order valence-electron chi connectivity index (χ2n) is 7.25. The van der Waals surface area contributed by atoms with Crippen molar-refractivity contribution in [2.75, 3.05) is 6.61 Å². The maximum Gasteiger partial charge on any atom is 0.126 e. The average molecular weight is 264 g/mol. The third-order valence-electron chi connectivity index (χ3n) is 2.78. The second-order valence-corrected chi connectivity index (χ2v) is 7.25. The molecule has 3 nitrogen and oxygen atoms in total. The van der Waals surface area contributed by atoms with Crippen LogP contribution in [0.1, 0.15) is 53.5 Å². The van der Waals surface area contributed by atoms with E-state index in [0.717, 1.165) is 30.9 Å². The van der Waals surface area contributed by atoms with Gasteiger partial charge in [0, 0.05) is 30.0 Å². The van der Waals surface area contributed by atoms with Gasteiger partial charge < -0.3 is 10.1 Å². The molecule has 1 rings (SSSR count). The molecule has 1 aromatic rings. The zero-order valence-electron chi connectivity index (χ0n) is 13.2. The molecule has 0 aliphatic heterocycles. The molecule has 0 bridgehead atoms. The van der Waals surface area contributed by atoms with Crippen LogP contribution in [0.2, 0.25) is 0 Å². The SMILES string of the molecule is CC(C)(C)CCOc1ccncc1CNC(C)(C)C. The van der Waals surface area contributed by atoms with Crippen molar-refractivity contribution in [3.05, 3.63) is 24.0 Å². The zero-order chi connectivity index (χ0) is 14.5. The van der Waals surface area contributed by atoms with Crippen LogP contribution in [0.3, 0.4) is 0 Å². The lowest BCUT2D eigenvalue weighted by Gasteiger charge is -2.22. The van der Waals surface area contributed by atoms with Crippen LogP contribution in [0.5, 0.6) is 5.75 Å². The van der Waals surface area contributed by atoms with Crippen LogP contribution in [-0.2, 0) is 6.54 Å². The molecule has 0 aromatic carbocycles. The van der Waals surface area contributed by atoms with Gasteiger partial charge in [0.1, 0.15) is 5.75 Å². The molecule has 0 spiro atoms. The standard InChI is InChI=1S/C16H28N2O/c1-15(2,3)8-10-19-14-7-9-17-11-13(14)12-18-16(4,5)6/h7,9,11,18H,8,10,12H2,1-6H3. The summed E-state index contributed by atoms with van der Waals surface area (Å²) in [5.74, 6) is 0.941. The summed E-state index contributed by atoms with van der Waals surface area (Å²) < 4.78 is 5.90. The van der Waals surface area contributed by atoms with E-state index in [4.69, 9.17) is 4.74 Å². The highest BCUT2D eigenvalue weighted by atomic mass is 16.5. The van der Waals surface area contributed by atoms with Crippen molar-refractivity contribution in [3.8, 4) is 5.75 Å². The molecule has 1 aromatic heterocycles. The van der Waals surface area contributed by atoms with E-state index < -0.39 is 0 Å². The van der Waals surface area contributed by atoms with Gasteiger partial charge in [-0.2, -0.15) is 0 Å². The molecule has 0 aliphatic rings. The summed E-state index contributed by atoms with van der Waals surface area (Å²) >= 11 is 0. The van der Waals surface area contributed by atoms with Crippen LogP contribution in [0, 0.1) is 5.41 Å². The Morgan fingerprint density at radius 2 is 1.84 bits per heavy atom. The molecular weight excluding hydrogens is 236 g/mol. The molecule has 3 heteroatoms. The highest BCUT2D eigenvalue weighted by Gasteiger charge is 2.13. The Hall–Kier alpha value is -1.09. The van der Waals surface area contributed by atoms with Crippen LogP contribution in [0.25, 0.3) is 0 Å². The number of pyridine rings is 1. The zero-order valence-corrected chi connectivity index (χ0v) is 13.2. The van der Waals surface area contributed by atoms with Crippen molar-refractivity contribution in [1.29, 1.82) is 0 Å². The normalized spacial score (nSPS) is 12.5. The molecule has 0 amide bonds. The summed E-state index contributed by atoms with van der Waals surface area (Å²) in [5, 5.41) is 3.47. The minimum Gasteiger partial charge on any atom is -0.493 e. The molecule has 0 saturated heterocycles. The van der Waals surface area contributed by atoms with E-state index >= 15 is 0 Å². The summed E-state index contributed by atoms with van der Waals surface area (Å²) in [5.41, 5.74) is 1.52. The second kappa shape index (κ2) is 6.38. The Morgan fingerprint density at radius 1 is 1.16 bits per heavy atom. The maximum absolute atomic E-state index is 5.90. The lowest BCUT2D eigenvalue weighted by Crippen LogP contribution is -2.35. The molecule has 0 saturated carbocycles. The van der Waals surface area contributed by atoms with Crippen molar-refractivity contribution >= 4 is 0 Å². The third kappa shape index (κ3) is 7.16. The average Bonchev–Trinajstić information content (AvgIpc) is 2.25. The lowest BCUT2D eigenvalue weighted by atomic mass is 9.93. The van der Waals surface area contributed by atoms with Crippen LogP contribution >= 0.6 is 0 Å². The molecular formula is C16H28N2O. The van der Waals surface area contributed by atoms with E-state index in [1.807, 2.05) is 12.3 Å². The first-order chi connectivity index (χ1) is 8.67. The van der Waals surface area contributed by atoms with Gasteiger partial charge in [0.2, 0.25) is 0 Å². The summed E-state index contributed by atoms with van der Waals surface area (Å²) in [4.78, 5) is 4.18. The van der Waals surface area contributed by atoms with Gasteiger partial charge in [0.15, 0.2) is 0 Å². The van der Waals surface area contributed by atoms with Crippen LogP contribution in [0.4, 0.5) is 0 Å². The van der Waals surface area contributed by atoms with Gasteiger partial charge >= 0.3 is 0 Å². The number of nitrogens with one attached hydrogen (secondary N) is 1. The Bertz CT molecular complexity index is 388. The van der Waals surface area contributed by atoms with E-state index in [1.54, 1.807) is 6.20 Å². The monoisotopic (exact) mass is 264 g/mol. The fourth-order valence-corrected chi connectivity index (χ4v) is 1.52. The van der Waals surface area contributed by atoms with Gasteiger partial charge in [-0.3, -0.25) is 4.98 Å². The van der Waals surface area contributed by atoms with E-state index in [2.05, 4.69) is 51.8 Å². The van der Waals surface area contributed by atoms with E-state index in [0.29, 0.717) is 5.41 Å². The summed E-state index contributed by atoms with van der Waals surface area (Å²) in [6.45, 7) is 14.7. The highest BCUT2D eigenvalue weighted by molar-refractivity contribution is 5.30. The van der Waals surface area contributed by atoms with Crippen molar-refractivity contribution < 1.29 is 4.74 Å². The summed E-state index contributed by atoms with van der Waals surface area (Å²) in [6, 6.07) is 1.95. The first kappa shape index (κ1) is 16.0. The van der Waals surface area contributed by atoms with Crippen molar-refractivity contribution in [2.24, 2.45) is 5.41 Å². The van der Waals surface area contributed by atoms with Crippen molar-refractivity contribution in [1.82, 2.24) is 10.3 Å². The topological polar surface area (TPSA) is 34.1 Å². The molecule has 1 heterocycles. The Balaban J connectivity index is 2.58. The summed E-state index contributed by atoms with van der Waals surface area (Å²) in [7, 11) is 0. The number of rotatable bonds is 5. The molecule has 0 aliphatic carbocycles. The maximum atomic E-state index is 5.90. The van der Waals surface area contributed by atoms with Crippen molar-refractivity contribution in [3.63, 3.8) is 0 Å². The van der Waals surface area contributed by atoms with Gasteiger partial charge in [0.05, 0.1) is 6.61 Å². The third-order valence-corrected chi connectivity index (χ3v) is 2.78. The molecule has 108 valence electrons. The molecule has 1 N–H and O–H groups in total. The largest absolute Gasteiger partial charge is 0.493 e. The predicted molar refractivity (Wildman–Crippen MR) is 80.4 cm³/mol. The van der Waals surface area contributed by atoms with Gasteiger partial charge in [-0.05, 0) is 38.7 Å². The number of nitrogens with zero attached hydrogens (tertiary/aromatic N) is 1. The minimum absolute atomic E-state index is 0.0958. The Labute approximate surface area is 117 Å². The first-order valence-corrected chi connectivity index (χ1v) is 6.98. The van der Waals surface area contributed by atoms with Gasteiger partial charge in [-0.25, -0.2) is 0 Å². The Kier molecular flexibility index (Phi) is 5.36. The number of hydrogen-bond donors (Lipinski definition) is 1. The number of ether oxygens (including phenoxy) is 1. The quantitative estimate of drug-likeness (QED) is 0.878. The minimum atomic E-state index is 0.0958. The van der Waals surface area contributed by atoms with E-state index in [-0.39, 0.29) is 5.54 Å². The summed E-state index contributed by atoms with van der Waals surface area (Å²) in [6.07, 6.45) is 4.71. The van der Waals surface area contributed by atoms with Gasteiger partial charge in [-0.1, -0.05) is 20.8 Å². The van der Waals surface area contributed by atoms with Gasteiger partial charge in [-0.15, -0.1) is 0 Å². The molecule has 0 fully saturated rings. The van der Waals surface area contributed by atoms with Gasteiger partial charge in [0.25, 0.3) is 0 Å². The smallest absolute Gasteiger partial charge is 0.126 e. The van der Waals surface area contributed by atoms with Crippen molar-refractivity contribution in [2.45, 2.75) is 60.0 Å². The molecule has 0 unspecified atom stereocenters. The predicted octanol–water partition coefficient (Wildman–Crippen LogP) is 3.78. The number of aromatic nitrogens is 1.